The van der Waals surface area contributed by atoms with E-state index in [-0.39, 0.29) is 66.2 Å². The van der Waals surface area contributed by atoms with E-state index in [2.05, 4.69) is 33.0 Å². The molecule has 0 radical (unpaired) electrons. The zero-order valence-electron chi connectivity index (χ0n) is 10.6. The van der Waals surface area contributed by atoms with Crippen molar-refractivity contribution in [1.29, 1.82) is 0 Å². The predicted molar refractivity (Wildman–Crippen MR) is 70.6 cm³/mol. The number of hydrogen-bond donors (Lipinski definition) is 0. The summed E-state index contributed by atoms with van der Waals surface area (Å²) in [6.07, 6.45) is 1.07. The van der Waals surface area contributed by atoms with Crippen LogP contribution in [0.25, 0.3) is 0 Å². The quantitative estimate of drug-likeness (QED) is 0.644. The van der Waals surface area contributed by atoms with Crippen LogP contribution in [0.2, 0.25) is 0 Å². The van der Waals surface area contributed by atoms with Crippen LogP contribution in [0, 0.1) is 44.8 Å². The van der Waals surface area contributed by atoms with Crippen LogP contribution in [0.3, 0.4) is 0 Å². The molecule has 1 unspecified atom stereocenters. The van der Waals surface area contributed by atoms with Crippen LogP contribution in [-0.2, 0) is 27.5 Å². The van der Waals surface area contributed by atoms with Crippen molar-refractivity contribution < 1.29 is 63.5 Å². The first-order valence-electron chi connectivity index (χ1n) is 5.38. The van der Waals surface area contributed by atoms with E-state index in [1.54, 1.807) is 0 Å². The Bertz CT molecular complexity index is 290. The Labute approximate surface area is 157 Å². The normalized spacial score (nSPS) is 10.7. The van der Waals surface area contributed by atoms with E-state index in [4.69, 9.17) is 4.74 Å². The van der Waals surface area contributed by atoms with Crippen molar-refractivity contribution >= 4 is 0 Å². The number of rotatable bonds is 5. The fourth-order valence-corrected chi connectivity index (χ4v) is 1.17. The van der Waals surface area contributed by atoms with E-state index < -0.39 is 0 Å². The second kappa shape index (κ2) is 12.9. The Morgan fingerprint density at radius 3 is 2.17 bits per heavy atom. The molecule has 1 aromatic carbocycles. The fourth-order valence-electron chi connectivity index (χ4n) is 1.17. The molecule has 0 aliphatic carbocycles. The number of ether oxygens (including phenoxy) is 1. The van der Waals surface area contributed by atoms with Gasteiger partial charge in [0.05, 0.1) is 0 Å². The van der Waals surface area contributed by atoms with Crippen LogP contribution < -0.4 is 4.74 Å². The van der Waals surface area contributed by atoms with Crippen molar-refractivity contribution in [2.45, 2.75) is 33.7 Å². The van der Waals surface area contributed by atoms with Gasteiger partial charge >= 0.3 is 0 Å². The molecule has 0 fully saturated rings. The third-order valence-corrected chi connectivity index (χ3v) is 2.58. The van der Waals surface area contributed by atoms with Crippen LogP contribution in [0.1, 0.15) is 26.8 Å². The Morgan fingerprint density at radius 2 is 1.78 bits per heavy atom. The minimum Gasteiger partial charge on any atom is -0.492 e. The summed E-state index contributed by atoms with van der Waals surface area (Å²) in [6, 6.07) is 8.58. The molecule has 106 valence electrons. The number of hydrogen-bond acceptors (Lipinski definition) is 2. The smallest absolute Gasteiger partial charge is 0.119 e. The summed E-state index contributed by atoms with van der Waals surface area (Å²) in [5, 5.41) is 0. The zero-order chi connectivity index (χ0) is 11.3. The maximum absolute atomic E-state index is 5.65. The van der Waals surface area contributed by atoms with Crippen molar-refractivity contribution in [3.05, 3.63) is 36.9 Å². The maximum Gasteiger partial charge on any atom is 0.119 e. The SMILES string of the molecule is C.[Ar].[CH2-]N(C)C(C)COc1ccc(CC)cc1.[W]. The van der Waals surface area contributed by atoms with Gasteiger partial charge in [-0.05, 0) is 38.1 Å². The fraction of sp³-hybridized carbons (Fsp3) is 0.500. The molecule has 0 saturated heterocycles. The topological polar surface area (TPSA) is 12.5 Å². The molecule has 0 heterocycles. The van der Waals surface area contributed by atoms with Crippen molar-refractivity contribution in [3.63, 3.8) is 0 Å². The second-order valence-electron chi connectivity index (χ2n) is 3.91. The Hall–Kier alpha value is 0.928. The number of nitrogens with zero attached hydrogens (tertiary/aromatic N) is 1. The van der Waals surface area contributed by atoms with Gasteiger partial charge in [0.2, 0.25) is 0 Å². The van der Waals surface area contributed by atoms with Gasteiger partial charge < -0.3 is 9.64 Å². The molecule has 4 heteroatoms. The average molecular weight is 446 g/mol. The first-order valence-corrected chi connectivity index (χ1v) is 5.38. The van der Waals surface area contributed by atoms with E-state index >= 15 is 0 Å². The van der Waals surface area contributed by atoms with Gasteiger partial charge in [0.15, 0.2) is 0 Å². The third kappa shape index (κ3) is 8.93. The molecule has 0 N–H and O–H groups in total. The standard InChI is InChI=1S/C13H20NO.CH4.Ar.W/c1-5-12-6-8-13(9-7-12)15-10-11(2)14(3)4;;;/h6-9,11H,3,5,10H2,1-2,4H3;1H4;;/q-1;;;. The van der Waals surface area contributed by atoms with Crippen molar-refractivity contribution in [2.24, 2.45) is 0 Å². The number of likely N-dealkylation sites (N-methyl/N-ethyl adjacent to an activating group) is 1. The van der Waals surface area contributed by atoms with Gasteiger partial charge in [0.1, 0.15) is 12.4 Å². The molecule has 0 aliphatic heterocycles. The summed E-state index contributed by atoms with van der Waals surface area (Å²) in [4.78, 5) is 1.90. The van der Waals surface area contributed by atoms with Gasteiger partial charge in [-0.3, -0.25) is 7.05 Å². The van der Waals surface area contributed by atoms with Crippen molar-refractivity contribution in [1.82, 2.24) is 4.90 Å². The van der Waals surface area contributed by atoms with Crippen LogP contribution in [0.15, 0.2) is 24.3 Å². The van der Waals surface area contributed by atoms with E-state index in [1.165, 1.54) is 5.56 Å². The van der Waals surface area contributed by atoms with E-state index in [9.17, 15) is 0 Å². The van der Waals surface area contributed by atoms with Gasteiger partial charge in [-0.2, -0.15) is 0 Å². The molecule has 0 aromatic heterocycles. The maximum atomic E-state index is 5.65. The van der Waals surface area contributed by atoms with Crippen molar-refractivity contribution in [2.75, 3.05) is 13.7 Å². The van der Waals surface area contributed by atoms with Gasteiger partial charge in [-0.1, -0.05) is 26.5 Å². The summed E-state index contributed by atoms with van der Waals surface area (Å²) in [5.74, 6) is 0.931. The van der Waals surface area contributed by atoms with E-state index in [0.29, 0.717) is 12.6 Å². The minimum absolute atomic E-state index is 0. The predicted octanol–water partition coefficient (Wildman–Crippen LogP) is 3.37. The Morgan fingerprint density at radius 1 is 1.28 bits per heavy atom. The number of benzene rings is 1. The Kier molecular flexibility index (Phi) is 17.2. The molecular formula is C14H24ArNOW-. The monoisotopic (exact) mass is 446 g/mol. The largest absolute Gasteiger partial charge is 0.492 e. The summed E-state index contributed by atoms with van der Waals surface area (Å²) in [5.41, 5.74) is 1.34. The minimum atomic E-state index is 0. The first-order chi connectivity index (χ1) is 7.13. The third-order valence-electron chi connectivity index (χ3n) is 2.58. The van der Waals surface area contributed by atoms with Crippen LogP contribution in [0.5, 0.6) is 5.75 Å². The molecule has 18 heavy (non-hydrogen) atoms. The molecule has 0 aliphatic rings. The molecule has 0 saturated carbocycles. The summed E-state index contributed by atoms with van der Waals surface area (Å²) < 4.78 is 5.65. The van der Waals surface area contributed by atoms with Crippen LogP contribution >= 0.6 is 0 Å². The second-order valence-corrected chi connectivity index (χ2v) is 3.91. The molecule has 0 spiro atoms. The number of aryl methyl sites for hydroxylation is 1. The zero-order valence-corrected chi connectivity index (χ0v) is 14.3. The van der Waals surface area contributed by atoms with Crippen LogP contribution in [-0.4, -0.2) is 24.6 Å². The molecule has 1 rings (SSSR count). The first kappa shape index (κ1) is 24.0. The molecule has 2 nitrogen and oxygen atoms in total. The van der Waals surface area contributed by atoms with E-state index in [1.807, 2.05) is 24.1 Å². The molecular weight excluding hydrogens is 422 g/mol. The molecule has 0 bridgehead atoms. The van der Waals surface area contributed by atoms with Gasteiger partial charge in [0.25, 0.3) is 0 Å². The van der Waals surface area contributed by atoms with E-state index in [0.717, 1.165) is 12.2 Å². The molecule has 1 atom stereocenters. The van der Waals surface area contributed by atoms with Crippen molar-refractivity contribution in [3.8, 4) is 5.75 Å². The van der Waals surface area contributed by atoms with Crippen LogP contribution in [0.4, 0.5) is 0 Å². The van der Waals surface area contributed by atoms with Gasteiger partial charge in [0, 0.05) is 64.8 Å². The summed E-state index contributed by atoms with van der Waals surface area (Å²) in [6.45, 7) is 4.91. The summed E-state index contributed by atoms with van der Waals surface area (Å²) in [7, 11) is 5.78. The Balaban J connectivity index is -0.000000750. The summed E-state index contributed by atoms with van der Waals surface area (Å²) >= 11 is 0. The molecule has 0 amide bonds. The van der Waals surface area contributed by atoms with Gasteiger partial charge in [-0.25, -0.2) is 0 Å². The average Bonchev–Trinajstić information content (AvgIpc) is 2.26. The van der Waals surface area contributed by atoms with Gasteiger partial charge in [-0.15, -0.1) is 0 Å². The molecule has 1 aromatic rings.